The molecule has 2 aromatic rings. The van der Waals surface area contributed by atoms with E-state index in [1.807, 2.05) is 24.3 Å². The van der Waals surface area contributed by atoms with Gasteiger partial charge in [0.2, 0.25) is 0 Å². The van der Waals surface area contributed by atoms with Gasteiger partial charge in [0.15, 0.2) is 0 Å². The fourth-order valence-electron chi connectivity index (χ4n) is 2.18. The van der Waals surface area contributed by atoms with Gasteiger partial charge in [-0.15, -0.1) is 0 Å². The van der Waals surface area contributed by atoms with Gasteiger partial charge in [-0.25, -0.2) is 0 Å². The van der Waals surface area contributed by atoms with Crippen molar-refractivity contribution in [1.29, 1.82) is 0 Å². The Labute approximate surface area is 125 Å². The van der Waals surface area contributed by atoms with E-state index in [0.717, 1.165) is 23.6 Å². The third-order valence-electron chi connectivity index (χ3n) is 3.53. The number of furan rings is 1. The van der Waals surface area contributed by atoms with Crippen molar-refractivity contribution in [2.45, 2.75) is 38.6 Å². The Morgan fingerprint density at radius 3 is 2.90 bits per heavy atom. The second-order valence-corrected chi connectivity index (χ2v) is 5.42. The van der Waals surface area contributed by atoms with Crippen LogP contribution in [0.15, 0.2) is 41.0 Å². The summed E-state index contributed by atoms with van der Waals surface area (Å²) >= 11 is 0. The highest BCUT2D eigenvalue weighted by Crippen LogP contribution is 2.20. The van der Waals surface area contributed by atoms with Crippen molar-refractivity contribution in [3.63, 3.8) is 0 Å². The molecule has 0 spiro atoms. The minimum atomic E-state index is 0.487. The van der Waals surface area contributed by atoms with Crippen molar-refractivity contribution >= 4 is 0 Å². The summed E-state index contributed by atoms with van der Waals surface area (Å²) in [5, 5.41) is 3.47. The molecule has 1 fully saturated rings. The van der Waals surface area contributed by atoms with E-state index in [-0.39, 0.29) is 0 Å². The minimum Gasteiger partial charge on any atom is -0.497 e. The molecule has 1 N–H and O–H groups in total. The second kappa shape index (κ2) is 6.78. The van der Waals surface area contributed by atoms with Gasteiger partial charge >= 0.3 is 0 Å². The predicted molar refractivity (Wildman–Crippen MR) is 80.1 cm³/mol. The summed E-state index contributed by atoms with van der Waals surface area (Å²) in [6.07, 6.45) is 4.41. The van der Waals surface area contributed by atoms with Crippen molar-refractivity contribution < 1.29 is 13.9 Å². The molecule has 1 heterocycles. The molecule has 4 heteroatoms. The molecule has 0 saturated heterocycles. The first-order valence-corrected chi connectivity index (χ1v) is 7.34. The molecule has 0 unspecified atom stereocenters. The Kier molecular flexibility index (Phi) is 4.58. The van der Waals surface area contributed by atoms with Gasteiger partial charge in [-0.3, -0.25) is 0 Å². The number of hydrogen-bond acceptors (Lipinski definition) is 4. The van der Waals surface area contributed by atoms with Crippen LogP contribution >= 0.6 is 0 Å². The predicted octanol–water partition coefficient (Wildman–Crippen LogP) is 3.26. The maximum Gasteiger partial charge on any atom is 0.129 e. The Bertz CT molecular complexity index is 575. The van der Waals surface area contributed by atoms with Crippen molar-refractivity contribution in [2.75, 3.05) is 7.11 Å². The monoisotopic (exact) mass is 287 g/mol. The van der Waals surface area contributed by atoms with Gasteiger partial charge in [-0.05, 0) is 36.6 Å². The normalized spacial score (nSPS) is 14.3. The highest BCUT2D eigenvalue weighted by molar-refractivity contribution is 5.27. The van der Waals surface area contributed by atoms with Crippen LogP contribution in [0.2, 0.25) is 0 Å². The molecule has 0 aliphatic heterocycles. The van der Waals surface area contributed by atoms with Crippen LogP contribution in [0.3, 0.4) is 0 Å². The van der Waals surface area contributed by atoms with Gasteiger partial charge in [-0.1, -0.05) is 12.1 Å². The third kappa shape index (κ3) is 4.34. The Balaban J connectivity index is 1.43. The zero-order chi connectivity index (χ0) is 14.5. The number of ether oxygens (including phenoxy) is 2. The van der Waals surface area contributed by atoms with Gasteiger partial charge in [0.05, 0.1) is 20.0 Å². The smallest absolute Gasteiger partial charge is 0.129 e. The molecule has 0 bridgehead atoms. The lowest BCUT2D eigenvalue weighted by Gasteiger charge is -2.04. The SMILES string of the molecule is COc1cccc(COCc2cc(CNC3CC3)co2)c1. The number of methoxy groups -OCH3 is 1. The first-order chi connectivity index (χ1) is 10.3. The van der Waals surface area contributed by atoms with Crippen LogP contribution in [0.4, 0.5) is 0 Å². The van der Waals surface area contributed by atoms with Gasteiger partial charge in [0.1, 0.15) is 18.1 Å². The Morgan fingerprint density at radius 1 is 1.19 bits per heavy atom. The van der Waals surface area contributed by atoms with Crippen LogP contribution < -0.4 is 10.1 Å². The highest BCUT2D eigenvalue weighted by atomic mass is 16.5. The molecule has 1 aliphatic rings. The van der Waals surface area contributed by atoms with Crippen LogP contribution in [-0.4, -0.2) is 13.2 Å². The summed E-state index contributed by atoms with van der Waals surface area (Å²) in [6, 6.07) is 10.7. The first kappa shape index (κ1) is 14.2. The molecule has 0 atom stereocenters. The van der Waals surface area contributed by atoms with Crippen molar-refractivity contribution in [1.82, 2.24) is 5.32 Å². The van der Waals surface area contributed by atoms with Crippen molar-refractivity contribution in [3.05, 3.63) is 53.5 Å². The maximum atomic E-state index is 5.69. The number of rotatable bonds is 8. The van der Waals surface area contributed by atoms with Gasteiger partial charge in [-0.2, -0.15) is 0 Å². The molecule has 3 rings (SSSR count). The van der Waals surface area contributed by atoms with E-state index in [1.54, 1.807) is 13.4 Å². The molecule has 0 amide bonds. The molecule has 4 nitrogen and oxygen atoms in total. The lowest BCUT2D eigenvalue weighted by atomic mass is 10.2. The fraction of sp³-hybridized carbons (Fsp3) is 0.412. The third-order valence-corrected chi connectivity index (χ3v) is 3.53. The summed E-state index contributed by atoms with van der Waals surface area (Å²) < 4.78 is 16.4. The van der Waals surface area contributed by atoms with E-state index in [1.165, 1.54) is 18.4 Å². The quantitative estimate of drug-likeness (QED) is 0.809. The van der Waals surface area contributed by atoms with Crippen LogP contribution in [0.1, 0.15) is 29.7 Å². The molecule has 21 heavy (non-hydrogen) atoms. The zero-order valence-corrected chi connectivity index (χ0v) is 12.3. The van der Waals surface area contributed by atoms with Crippen molar-refractivity contribution in [2.24, 2.45) is 0 Å². The molecule has 1 saturated carbocycles. The number of nitrogens with one attached hydrogen (secondary N) is 1. The molecule has 1 aliphatic carbocycles. The van der Waals surface area contributed by atoms with E-state index < -0.39 is 0 Å². The van der Waals surface area contributed by atoms with E-state index in [9.17, 15) is 0 Å². The van der Waals surface area contributed by atoms with E-state index in [4.69, 9.17) is 13.9 Å². The van der Waals surface area contributed by atoms with Crippen LogP contribution in [0, 0.1) is 0 Å². The molecular weight excluding hydrogens is 266 g/mol. The average Bonchev–Trinajstić information content (AvgIpc) is 3.24. The van der Waals surface area contributed by atoms with Crippen LogP contribution in [0.5, 0.6) is 5.75 Å². The van der Waals surface area contributed by atoms with E-state index in [2.05, 4.69) is 11.4 Å². The van der Waals surface area contributed by atoms with Gasteiger partial charge in [0, 0.05) is 18.2 Å². The van der Waals surface area contributed by atoms with E-state index >= 15 is 0 Å². The molecular formula is C17H21NO3. The number of benzene rings is 1. The fourth-order valence-corrected chi connectivity index (χ4v) is 2.18. The molecule has 112 valence electrons. The zero-order valence-electron chi connectivity index (χ0n) is 12.3. The second-order valence-electron chi connectivity index (χ2n) is 5.42. The van der Waals surface area contributed by atoms with Crippen LogP contribution in [-0.2, 0) is 24.5 Å². The standard InChI is InChI=1S/C17H21NO3/c1-19-16-4-2-3-13(7-16)10-20-12-17-8-14(11-21-17)9-18-15-5-6-15/h2-4,7-8,11,15,18H,5-6,9-10,12H2,1H3. The summed E-state index contributed by atoms with van der Waals surface area (Å²) in [5.41, 5.74) is 2.28. The van der Waals surface area contributed by atoms with Gasteiger partial charge in [0.25, 0.3) is 0 Å². The summed E-state index contributed by atoms with van der Waals surface area (Å²) in [4.78, 5) is 0. The van der Waals surface area contributed by atoms with Gasteiger partial charge < -0.3 is 19.2 Å². The Morgan fingerprint density at radius 2 is 2.10 bits per heavy atom. The first-order valence-electron chi connectivity index (χ1n) is 7.34. The lowest BCUT2D eigenvalue weighted by Crippen LogP contribution is -2.14. The summed E-state index contributed by atoms with van der Waals surface area (Å²) in [5.74, 6) is 1.72. The van der Waals surface area contributed by atoms with Crippen molar-refractivity contribution in [3.8, 4) is 5.75 Å². The van der Waals surface area contributed by atoms with Crippen LogP contribution in [0.25, 0.3) is 0 Å². The number of hydrogen-bond donors (Lipinski definition) is 1. The summed E-state index contributed by atoms with van der Waals surface area (Å²) in [7, 11) is 1.67. The molecule has 1 aromatic heterocycles. The summed E-state index contributed by atoms with van der Waals surface area (Å²) in [6.45, 7) is 1.91. The Hall–Kier alpha value is -1.78. The minimum absolute atomic E-state index is 0.487. The molecule has 1 aromatic carbocycles. The average molecular weight is 287 g/mol. The maximum absolute atomic E-state index is 5.69. The van der Waals surface area contributed by atoms with E-state index in [0.29, 0.717) is 19.3 Å². The lowest BCUT2D eigenvalue weighted by molar-refractivity contribution is 0.0928. The highest BCUT2D eigenvalue weighted by Gasteiger charge is 2.20. The largest absolute Gasteiger partial charge is 0.497 e. The topological polar surface area (TPSA) is 43.6 Å². The molecule has 0 radical (unpaired) electrons.